The first kappa shape index (κ1) is 14.4. The maximum absolute atomic E-state index is 12.2. The van der Waals surface area contributed by atoms with E-state index in [-0.39, 0.29) is 11.2 Å². The van der Waals surface area contributed by atoms with Crippen LogP contribution in [0.5, 0.6) is 0 Å². The number of rotatable bonds is 5. The number of hydrogen-bond donors (Lipinski definition) is 1. The normalized spacial score (nSPS) is 15.7. The van der Waals surface area contributed by atoms with Gasteiger partial charge in [0, 0.05) is 6.04 Å². The van der Waals surface area contributed by atoms with Crippen LogP contribution >= 0.6 is 23.4 Å². The Bertz CT molecular complexity index is 656. The van der Waals surface area contributed by atoms with E-state index < -0.39 is 0 Å². The highest BCUT2D eigenvalue weighted by Crippen LogP contribution is 2.38. The van der Waals surface area contributed by atoms with E-state index in [0.717, 1.165) is 18.0 Å². The fraction of sp³-hybridized carbons (Fsp3) is 0.357. The quantitative estimate of drug-likeness (QED) is 0.857. The van der Waals surface area contributed by atoms with E-state index in [4.69, 9.17) is 11.6 Å². The van der Waals surface area contributed by atoms with Crippen molar-refractivity contribution in [3.63, 3.8) is 0 Å². The molecule has 3 rings (SSSR count). The largest absolute Gasteiger partial charge is 0.324 e. The molecule has 7 heteroatoms. The Labute approximate surface area is 132 Å². The van der Waals surface area contributed by atoms with Crippen molar-refractivity contribution in [3.05, 3.63) is 35.6 Å². The van der Waals surface area contributed by atoms with Gasteiger partial charge in [0.15, 0.2) is 5.16 Å². The zero-order valence-corrected chi connectivity index (χ0v) is 13.1. The predicted molar refractivity (Wildman–Crippen MR) is 83.7 cm³/mol. The van der Waals surface area contributed by atoms with Crippen molar-refractivity contribution in [2.45, 2.75) is 36.2 Å². The van der Waals surface area contributed by atoms with Crippen molar-refractivity contribution in [3.8, 4) is 0 Å². The third-order valence-corrected chi connectivity index (χ3v) is 4.66. The number of para-hydroxylation sites is 1. The Morgan fingerprint density at radius 2 is 2.24 bits per heavy atom. The monoisotopic (exact) mass is 322 g/mol. The Balaban J connectivity index is 1.64. The lowest BCUT2D eigenvalue weighted by Crippen LogP contribution is -2.23. The number of aromatic nitrogens is 3. The van der Waals surface area contributed by atoms with Crippen LogP contribution in [0.4, 0.5) is 5.69 Å². The molecule has 0 spiro atoms. The van der Waals surface area contributed by atoms with Crippen LogP contribution in [0.3, 0.4) is 0 Å². The first-order valence-electron chi connectivity index (χ1n) is 6.76. The summed E-state index contributed by atoms with van der Waals surface area (Å²) < 4.78 is 2.05. The molecule has 1 aliphatic carbocycles. The minimum Gasteiger partial charge on any atom is -0.324 e. The standard InChI is InChI=1S/C14H15ClN4OS/c1-9(13(20)17-12-5-3-2-4-11(12)15)21-14-18-16-8-19(14)10-6-7-10/h2-5,8-10H,6-7H2,1H3,(H,17,20). The molecule has 1 heterocycles. The number of nitrogens with one attached hydrogen (secondary N) is 1. The zero-order chi connectivity index (χ0) is 14.8. The first-order valence-corrected chi connectivity index (χ1v) is 8.02. The number of anilines is 1. The van der Waals surface area contributed by atoms with Crippen molar-refractivity contribution in [2.75, 3.05) is 5.32 Å². The van der Waals surface area contributed by atoms with Crippen LogP contribution in [0.15, 0.2) is 35.7 Å². The molecule has 5 nitrogen and oxygen atoms in total. The van der Waals surface area contributed by atoms with Crippen LogP contribution in [0.25, 0.3) is 0 Å². The fourth-order valence-corrected chi connectivity index (χ4v) is 3.01. The molecule has 1 N–H and O–H groups in total. The molecule has 0 bridgehead atoms. The summed E-state index contributed by atoms with van der Waals surface area (Å²) in [5.74, 6) is -0.0987. The van der Waals surface area contributed by atoms with Gasteiger partial charge in [-0.15, -0.1) is 10.2 Å². The average molecular weight is 323 g/mol. The number of carbonyl (C=O) groups excluding carboxylic acids is 1. The van der Waals surface area contributed by atoms with Gasteiger partial charge in [-0.3, -0.25) is 4.79 Å². The van der Waals surface area contributed by atoms with Gasteiger partial charge in [-0.1, -0.05) is 35.5 Å². The lowest BCUT2D eigenvalue weighted by atomic mass is 10.3. The van der Waals surface area contributed by atoms with Crippen LogP contribution in [0, 0.1) is 0 Å². The summed E-state index contributed by atoms with van der Waals surface area (Å²) in [7, 11) is 0. The van der Waals surface area contributed by atoms with Gasteiger partial charge in [0.1, 0.15) is 6.33 Å². The molecular weight excluding hydrogens is 308 g/mol. The van der Waals surface area contributed by atoms with Crippen LogP contribution < -0.4 is 5.32 Å². The number of nitrogens with zero attached hydrogens (tertiary/aromatic N) is 3. The van der Waals surface area contributed by atoms with E-state index >= 15 is 0 Å². The summed E-state index contributed by atoms with van der Waals surface area (Å²) in [4.78, 5) is 12.2. The van der Waals surface area contributed by atoms with Crippen LogP contribution in [0.2, 0.25) is 5.02 Å². The molecule has 1 amide bonds. The van der Waals surface area contributed by atoms with E-state index in [2.05, 4.69) is 15.5 Å². The predicted octanol–water partition coefficient (Wildman–Crippen LogP) is 3.39. The van der Waals surface area contributed by atoms with E-state index in [0.29, 0.717) is 16.8 Å². The number of amides is 1. The molecule has 2 aromatic rings. The number of thioether (sulfide) groups is 1. The Morgan fingerprint density at radius 1 is 1.48 bits per heavy atom. The lowest BCUT2D eigenvalue weighted by molar-refractivity contribution is -0.115. The molecule has 1 fully saturated rings. The van der Waals surface area contributed by atoms with Crippen molar-refractivity contribution in [2.24, 2.45) is 0 Å². The van der Waals surface area contributed by atoms with Crippen molar-refractivity contribution >= 4 is 35.0 Å². The van der Waals surface area contributed by atoms with E-state index in [9.17, 15) is 4.79 Å². The SMILES string of the molecule is CC(Sc1nncn1C1CC1)C(=O)Nc1ccccc1Cl. The molecule has 1 aliphatic rings. The second-order valence-corrected chi connectivity index (χ2v) is 6.70. The second-order valence-electron chi connectivity index (χ2n) is 4.98. The molecule has 110 valence electrons. The molecule has 1 atom stereocenters. The molecule has 0 aliphatic heterocycles. The van der Waals surface area contributed by atoms with Crippen LogP contribution in [-0.2, 0) is 4.79 Å². The molecule has 1 aromatic carbocycles. The molecular formula is C14H15ClN4OS. The average Bonchev–Trinajstić information content (AvgIpc) is 3.21. The fourth-order valence-electron chi connectivity index (χ4n) is 1.93. The Hall–Kier alpha value is -1.53. The van der Waals surface area contributed by atoms with Gasteiger partial charge in [0.2, 0.25) is 5.91 Å². The van der Waals surface area contributed by atoms with Gasteiger partial charge in [-0.25, -0.2) is 0 Å². The van der Waals surface area contributed by atoms with E-state index in [1.165, 1.54) is 11.8 Å². The van der Waals surface area contributed by atoms with E-state index in [1.54, 1.807) is 18.5 Å². The summed E-state index contributed by atoms with van der Waals surface area (Å²) in [6, 6.07) is 7.70. The number of halogens is 1. The highest BCUT2D eigenvalue weighted by Gasteiger charge is 2.28. The van der Waals surface area contributed by atoms with Crippen molar-refractivity contribution in [1.29, 1.82) is 0 Å². The molecule has 1 aromatic heterocycles. The molecule has 21 heavy (non-hydrogen) atoms. The molecule has 1 unspecified atom stereocenters. The summed E-state index contributed by atoms with van der Waals surface area (Å²) in [5.41, 5.74) is 0.625. The minimum atomic E-state index is -0.275. The highest BCUT2D eigenvalue weighted by atomic mass is 35.5. The first-order chi connectivity index (χ1) is 10.1. The van der Waals surface area contributed by atoms with Crippen molar-refractivity contribution < 1.29 is 4.79 Å². The van der Waals surface area contributed by atoms with Gasteiger partial charge in [0.25, 0.3) is 0 Å². The summed E-state index contributed by atoms with van der Waals surface area (Å²) in [6.45, 7) is 1.85. The molecule has 1 saturated carbocycles. The molecule has 0 radical (unpaired) electrons. The highest BCUT2D eigenvalue weighted by molar-refractivity contribution is 8.00. The number of benzene rings is 1. The van der Waals surface area contributed by atoms with Gasteiger partial charge < -0.3 is 9.88 Å². The van der Waals surface area contributed by atoms with Gasteiger partial charge in [-0.2, -0.15) is 0 Å². The Kier molecular flexibility index (Phi) is 4.17. The third-order valence-electron chi connectivity index (χ3n) is 3.26. The lowest BCUT2D eigenvalue weighted by Gasteiger charge is -2.12. The summed E-state index contributed by atoms with van der Waals surface area (Å²) >= 11 is 7.46. The van der Waals surface area contributed by atoms with Crippen molar-refractivity contribution in [1.82, 2.24) is 14.8 Å². The summed E-state index contributed by atoms with van der Waals surface area (Å²) in [5, 5.41) is 11.9. The van der Waals surface area contributed by atoms with Gasteiger partial charge in [0.05, 0.1) is 16.0 Å². The summed E-state index contributed by atoms with van der Waals surface area (Å²) in [6.07, 6.45) is 4.05. The van der Waals surface area contributed by atoms with Gasteiger partial charge >= 0.3 is 0 Å². The third kappa shape index (κ3) is 3.39. The van der Waals surface area contributed by atoms with Crippen LogP contribution in [-0.4, -0.2) is 25.9 Å². The second kappa shape index (κ2) is 6.07. The number of carbonyl (C=O) groups is 1. The minimum absolute atomic E-state index is 0.0987. The maximum atomic E-state index is 12.2. The van der Waals surface area contributed by atoms with Gasteiger partial charge in [-0.05, 0) is 31.9 Å². The Morgan fingerprint density at radius 3 is 2.95 bits per heavy atom. The zero-order valence-electron chi connectivity index (χ0n) is 11.5. The molecule has 0 saturated heterocycles. The maximum Gasteiger partial charge on any atom is 0.237 e. The topological polar surface area (TPSA) is 59.8 Å². The van der Waals surface area contributed by atoms with E-state index in [1.807, 2.05) is 23.6 Å². The van der Waals surface area contributed by atoms with Crippen LogP contribution in [0.1, 0.15) is 25.8 Å². The number of hydrogen-bond acceptors (Lipinski definition) is 4. The smallest absolute Gasteiger partial charge is 0.237 e.